The summed E-state index contributed by atoms with van der Waals surface area (Å²) in [6, 6.07) is 3.67. The monoisotopic (exact) mass is 201 g/mol. The van der Waals surface area contributed by atoms with Crippen LogP contribution in [-0.2, 0) is 0 Å². The van der Waals surface area contributed by atoms with E-state index >= 15 is 0 Å². The van der Waals surface area contributed by atoms with Gasteiger partial charge in [-0.05, 0) is 30.2 Å². The SMILES string of the molecule is COc1ccc([C@H](N)C(F)F)c(C)c1. The van der Waals surface area contributed by atoms with Crippen LogP contribution in [0.25, 0.3) is 0 Å². The van der Waals surface area contributed by atoms with Gasteiger partial charge in [-0.3, -0.25) is 0 Å². The molecule has 0 aliphatic carbocycles. The molecule has 14 heavy (non-hydrogen) atoms. The molecule has 1 rings (SSSR count). The summed E-state index contributed by atoms with van der Waals surface area (Å²) in [4.78, 5) is 0. The second-order valence-corrected chi connectivity index (χ2v) is 3.08. The second kappa shape index (κ2) is 4.37. The van der Waals surface area contributed by atoms with Crippen LogP contribution in [0.5, 0.6) is 5.75 Å². The zero-order valence-corrected chi connectivity index (χ0v) is 8.13. The van der Waals surface area contributed by atoms with Gasteiger partial charge in [0, 0.05) is 0 Å². The first-order valence-electron chi connectivity index (χ1n) is 4.24. The van der Waals surface area contributed by atoms with Crippen LogP contribution in [0.2, 0.25) is 0 Å². The van der Waals surface area contributed by atoms with Crippen molar-refractivity contribution in [3.05, 3.63) is 29.3 Å². The van der Waals surface area contributed by atoms with Crippen molar-refractivity contribution < 1.29 is 13.5 Å². The lowest BCUT2D eigenvalue weighted by Crippen LogP contribution is -2.19. The van der Waals surface area contributed by atoms with Gasteiger partial charge in [-0.2, -0.15) is 0 Å². The van der Waals surface area contributed by atoms with Crippen molar-refractivity contribution in [2.75, 3.05) is 7.11 Å². The molecule has 0 saturated carbocycles. The van der Waals surface area contributed by atoms with Gasteiger partial charge >= 0.3 is 0 Å². The highest BCUT2D eigenvalue weighted by atomic mass is 19.3. The molecular weight excluding hydrogens is 188 g/mol. The van der Waals surface area contributed by atoms with E-state index in [4.69, 9.17) is 10.5 Å². The normalized spacial score (nSPS) is 13.0. The van der Waals surface area contributed by atoms with Gasteiger partial charge in [0.1, 0.15) is 5.75 Å². The Morgan fingerprint density at radius 1 is 1.36 bits per heavy atom. The van der Waals surface area contributed by atoms with Crippen LogP contribution in [0.15, 0.2) is 18.2 Å². The van der Waals surface area contributed by atoms with Crippen LogP contribution in [-0.4, -0.2) is 13.5 Å². The zero-order valence-electron chi connectivity index (χ0n) is 8.13. The summed E-state index contributed by atoms with van der Waals surface area (Å²) >= 11 is 0. The number of hydrogen-bond acceptors (Lipinski definition) is 2. The summed E-state index contributed by atoms with van der Waals surface area (Å²) in [5, 5.41) is 0. The predicted molar refractivity (Wildman–Crippen MR) is 50.7 cm³/mol. The molecule has 0 unspecified atom stereocenters. The molecule has 0 bridgehead atoms. The van der Waals surface area contributed by atoms with Gasteiger partial charge < -0.3 is 10.5 Å². The van der Waals surface area contributed by atoms with E-state index in [9.17, 15) is 8.78 Å². The molecule has 4 heteroatoms. The highest BCUT2D eigenvalue weighted by molar-refractivity contribution is 5.36. The number of ether oxygens (including phenoxy) is 1. The highest BCUT2D eigenvalue weighted by Crippen LogP contribution is 2.24. The maximum atomic E-state index is 12.3. The van der Waals surface area contributed by atoms with Crippen LogP contribution in [0, 0.1) is 6.92 Å². The Bertz CT molecular complexity index is 315. The maximum Gasteiger partial charge on any atom is 0.257 e. The van der Waals surface area contributed by atoms with E-state index < -0.39 is 12.5 Å². The van der Waals surface area contributed by atoms with Gasteiger partial charge in [0.2, 0.25) is 0 Å². The molecule has 2 nitrogen and oxygen atoms in total. The van der Waals surface area contributed by atoms with Gasteiger partial charge in [-0.15, -0.1) is 0 Å². The molecule has 1 aromatic rings. The number of nitrogens with two attached hydrogens (primary N) is 1. The van der Waals surface area contributed by atoms with Crippen molar-refractivity contribution in [1.82, 2.24) is 0 Å². The lowest BCUT2D eigenvalue weighted by molar-refractivity contribution is 0.116. The lowest BCUT2D eigenvalue weighted by Gasteiger charge is -2.14. The van der Waals surface area contributed by atoms with E-state index in [1.807, 2.05) is 0 Å². The van der Waals surface area contributed by atoms with Gasteiger partial charge in [0.05, 0.1) is 13.2 Å². The quantitative estimate of drug-likeness (QED) is 0.814. The van der Waals surface area contributed by atoms with Gasteiger partial charge in [0.25, 0.3) is 6.43 Å². The Labute approximate surface area is 81.7 Å². The van der Waals surface area contributed by atoms with Gasteiger partial charge in [0.15, 0.2) is 0 Å². The summed E-state index contributed by atoms with van der Waals surface area (Å²) < 4.78 is 29.6. The molecule has 0 fully saturated rings. The standard InChI is InChI=1S/C10H13F2NO/c1-6-5-7(14-2)3-4-8(6)9(13)10(11)12/h3-5,9-10H,13H2,1-2H3/t9-/m0/s1. The first kappa shape index (κ1) is 10.9. The number of aryl methyl sites for hydroxylation is 1. The summed E-state index contributed by atoms with van der Waals surface area (Å²) in [5.41, 5.74) is 6.52. The van der Waals surface area contributed by atoms with E-state index in [0.29, 0.717) is 11.3 Å². The number of rotatable bonds is 3. The molecule has 0 aliphatic rings. The molecule has 0 spiro atoms. The minimum absolute atomic E-state index is 0.459. The van der Waals surface area contributed by atoms with Crippen LogP contribution >= 0.6 is 0 Å². The van der Waals surface area contributed by atoms with Crippen molar-refractivity contribution in [3.63, 3.8) is 0 Å². The number of alkyl halides is 2. The molecule has 1 aromatic carbocycles. The van der Waals surface area contributed by atoms with Gasteiger partial charge in [-0.1, -0.05) is 6.07 Å². The Balaban J connectivity index is 2.99. The van der Waals surface area contributed by atoms with E-state index in [-0.39, 0.29) is 0 Å². The molecule has 0 heterocycles. The van der Waals surface area contributed by atoms with E-state index in [1.165, 1.54) is 7.11 Å². The number of benzene rings is 1. The van der Waals surface area contributed by atoms with E-state index in [1.54, 1.807) is 25.1 Å². The minimum Gasteiger partial charge on any atom is -0.497 e. The number of methoxy groups -OCH3 is 1. The largest absolute Gasteiger partial charge is 0.497 e. The van der Waals surface area contributed by atoms with Crippen molar-refractivity contribution >= 4 is 0 Å². The first-order chi connectivity index (χ1) is 6.56. The Morgan fingerprint density at radius 2 is 2.00 bits per heavy atom. The molecular formula is C10H13F2NO. The molecule has 0 aromatic heterocycles. The molecule has 2 N–H and O–H groups in total. The van der Waals surface area contributed by atoms with E-state index in [0.717, 1.165) is 5.56 Å². The lowest BCUT2D eigenvalue weighted by atomic mass is 10.0. The predicted octanol–water partition coefficient (Wildman–Crippen LogP) is 2.27. The summed E-state index contributed by atoms with van der Waals surface area (Å²) in [6.07, 6.45) is -2.54. The summed E-state index contributed by atoms with van der Waals surface area (Å²) in [6.45, 7) is 1.74. The van der Waals surface area contributed by atoms with Crippen molar-refractivity contribution in [3.8, 4) is 5.75 Å². The third kappa shape index (κ3) is 2.20. The molecule has 0 saturated heterocycles. The van der Waals surface area contributed by atoms with Crippen molar-refractivity contribution in [2.45, 2.75) is 19.4 Å². The van der Waals surface area contributed by atoms with Crippen LogP contribution in [0.3, 0.4) is 0 Å². The Morgan fingerprint density at radius 3 is 2.43 bits per heavy atom. The third-order valence-electron chi connectivity index (χ3n) is 2.11. The third-order valence-corrected chi connectivity index (χ3v) is 2.11. The van der Waals surface area contributed by atoms with Gasteiger partial charge in [-0.25, -0.2) is 8.78 Å². The van der Waals surface area contributed by atoms with Crippen LogP contribution in [0.1, 0.15) is 17.2 Å². The van der Waals surface area contributed by atoms with E-state index in [2.05, 4.69) is 0 Å². The average Bonchev–Trinajstić information content (AvgIpc) is 2.16. The average molecular weight is 201 g/mol. The maximum absolute atomic E-state index is 12.3. The second-order valence-electron chi connectivity index (χ2n) is 3.08. The highest BCUT2D eigenvalue weighted by Gasteiger charge is 2.19. The smallest absolute Gasteiger partial charge is 0.257 e. The van der Waals surface area contributed by atoms with Crippen molar-refractivity contribution in [2.24, 2.45) is 5.73 Å². The molecule has 0 amide bonds. The number of halogens is 2. The first-order valence-corrected chi connectivity index (χ1v) is 4.24. The molecule has 0 aliphatic heterocycles. The Kier molecular flexibility index (Phi) is 3.41. The summed E-state index contributed by atoms with van der Waals surface area (Å²) in [7, 11) is 1.53. The Hall–Kier alpha value is -1.16. The molecule has 0 radical (unpaired) electrons. The fraction of sp³-hybridized carbons (Fsp3) is 0.400. The molecule has 78 valence electrons. The fourth-order valence-corrected chi connectivity index (χ4v) is 1.28. The van der Waals surface area contributed by atoms with Crippen LogP contribution in [0.4, 0.5) is 8.78 Å². The fourth-order valence-electron chi connectivity index (χ4n) is 1.28. The zero-order chi connectivity index (χ0) is 10.7. The van der Waals surface area contributed by atoms with Crippen LogP contribution < -0.4 is 10.5 Å². The van der Waals surface area contributed by atoms with Crippen molar-refractivity contribution in [1.29, 1.82) is 0 Å². The topological polar surface area (TPSA) is 35.2 Å². The molecule has 1 atom stereocenters. The summed E-state index contributed by atoms with van der Waals surface area (Å²) in [5.74, 6) is 0.646. The number of hydrogen-bond donors (Lipinski definition) is 1. The minimum atomic E-state index is -2.54.